The van der Waals surface area contributed by atoms with Crippen LogP contribution in [0.5, 0.6) is 5.75 Å². The Bertz CT molecular complexity index is 769. The van der Waals surface area contributed by atoms with Crippen molar-refractivity contribution in [1.29, 1.82) is 0 Å². The summed E-state index contributed by atoms with van der Waals surface area (Å²) in [7, 11) is 0. The Labute approximate surface area is 152 Å². The van der Waals surface area contributed by atoms with E-state index in [-0.39, 0.29) is 23.1 Å². The lowest BCUT2D eigenvalue weighted by atomic mass is 10.3. The van der Waals surface area contributed by atoms with Gasteiger partial charge in [-0.2, -0.15) is 8.78 Å². The molecule has 1 aromatic heterocycles. The summed E-state index contributed by atoms with van der Waals surface area (Å²) in [6, 6.07) is 7.44. The maximum absolute atomic E-state index is 12.4. The Kier molecular flexibility index (Phi) is 6.96. The third-order valence-electron chi connectivity index (χ3n) is 3.09. The molecule has 140 valence electrons. The van der Waals surface area contributed by atoms with Crippen molar-refractivity contribution in [1.82, 2.24) is 5.16 Å². The van der Waals surface area contributed by atoms with Crippen LogP contribution in [-0.2, 0) is 9.59 Å². The molecule has 0 aliphatic heterocycles. The van der Waals surface area contributed by atoms with E-state index in [9.17, 15) is 18.4 Å². The third kappa shape index (κ3) is 6.03. The molecular weight excluding hydrogens is 368 g/mol. The molecule has 0 saturated heterocycles. The molecule has 1 atom stereocenters. The van der Waals surface area contributed by atoms with Gasteiger partial charge in [-0.1, -0.05) is 17.3 Å². The van der Waals surface area contributed by atoms with E-state index in [4.69, 9.17) is 4.52 Å². The molecule has 0 aliphatic carbocycles. The van der Waals surface area contributed by atoms with E-state index >= 15 is 0 Å². The zero-order valence-corrected chi connectivity index (χ0v) is 14.8. The van der Waals surface area contributed by atoms with Crippen molar-refractivity contribution >= 4 is 35.1 Å². The standard InChI is InChI=1S/C16H17F2N3O4S/c1-9-7-13(21-25-9)20-15(23)10(2)26-8-14(22)19-11-5-3-4-6-12(11)24-16(17)18/h3-7,10,16H,8H2,1-2H3,(H,19,22)(H,20,21,23)/t10-/m0/s1. The number of benzene rings is 1. The normalized spacial score (nSPS) is 11.9. The van der Waals surface area contributed by atoms with Crippen LogP contribution in [0.25, 0.3) is 0 Å². The number of hydrogen-bond donors (Lipinski definition) is 2. The number of anilines is 2. The number of nitrogens with zero attached hydrogens (tertiary/aromatic N) is 1. The number of aryl methyl sites for hydroxylation is 1. The second-order valence-electron chi connectivity index (χ2n) is 5.19. The molecule has 7 nitrogen and oxygen atoms in total. The van der Waals surface area contributed by atoms with Crippen LogP contribution in [0, 0.1) is 6.92 Å². The lowest BCUT2D eigenvalue weighted by Crippen LogP contribution is -2.25. The van der Waals surface area contributed by atoms with Gasteiger partial charge < -0.3 is 19.9 Å². The van der Waals surface area contributed by atoms with Crippen molar-refractivity contribution in [2.45, 2.75) is 25.7 Å². The molecule has 2 rings (SSSR count). The number of carbonyl (C=O) groups excluding carboxylic acids is 2. The molecule has 0 unspecified atom stereocenters. The topological polar surface area (TPSA) is 93.5 Å². The number of amides is 2. The molecule has 2 N–H and O–H groups in total. The van der Waals surface area contributed by atoms with E-state index < -0.39 is 17.8 Å². The largest absolute Gasteiger partial charge is 0.433 e. The minimum atomic E-state index is -2.99. The Morgan fingerprint density at radius 2 is 2.04 bits per heavy atom. The van der Waals surface area contributed by atoms with Gasteiger partial charge >= 0.3 is 6.61 Å². The van der Waals surface area contributed by atoms with Crippen molar-refractivity contribution in [2.24, 2.45) is 0 Å². The van der Waals surface area contributed by atoms with Gasteiger partial charge in [0.15, 0.2) is 5.82 Å². The molecule has 0 radical (unpaired) electrons. The molecule has 10 heteroatoms. The Hall–Kier alpha value is -2.62. The Morgan fingerprint density at radius 3 is 2.69 bits per heavy atom. The number of halogens is 2. The smallest absolute Gasteiger partial charge is 0.387 e. The summed E-state index contributed by atoms with van der Waals surface area (Å²) in [6.45, 7) is 0.334. The molecule has 1 aromatic carbocycles. The van der Waals surface area contributed by atoms with E-state index in [1.165, 1.54) is 18.2 Å². The quantitative estimate of drug-likeness (QED) is 0.724. The SMILES string of the molecule is Cc1cc(NC(=O)[C@H](C)SCC(=O)Nc2ccccc2OC(F)F)no1. The van der Waals surface area contributed by atoms with Crippen LogP contribution in [-0.4, -0.2) is 34.6 Å². The van der Waals surface area contributed by atoms with Gasteiger partial charge in [-0.25, -0.2) is 0 Å². The molecule has 0 spiro atoms. The minimum Gasteiger partial charge on any atom is -0.433 e. The van der Waals surface area contributed by atoms with Crippen molar-refractivity contribution in [2.75, 3.05) is 16.4 Å². The first-order valence-corrected chi connectivity index (χ1v) is 8.59. The number of hydrogen-bond acceptors (Lipinski definition) is 6. The summed E-state index contributed by atoms with van der Waals surface area (Å²) in [6.07, 6.45) is 0. The fraction of sp³-hybridized carbons (Fsp3) is 0.312. The van der Waals surface area contributed by atoms with Gasteiger partial charge in [-0.15, -0.1) is 11.8 Å². The highest BCUT2D eigenvalue weighted by Crippen LogP contribution is 2.26. The van der Waals surface area contributed by atoms with Crippen LogP contribution in [0.1, 0.15) is 12.7 Å². The van der Waals surface area contributed by atoms with E-state index in [1.54, 1.807) is 26.0 Å². The molecule has 2 amide bonds. The van der Waals surface area contributed by atoms with E-state index in [1.807, 2.05) is 0 Å². The van der Waals surface area contributed by atoms with Crippen LogP contribution < -0.4 is 15.4 Å². The number of nitrogens with one attached hydrogen (secondary N) is 2. The number of ether oxygens (including phenoxy) is 1. The van der Waals surface area contributed by atoms with E-state index in [0.29, 0.717) is 11.6 Å². The number of aromatic nitrogens is 1. The molecule has 1 heterocycles. The van der Waals surface area contributed by atoms with Crippen molar-refractivity contribution in [3.63, 3.8) is 0 Å². The average molecular weight is 385 g/mol. The van der Waals surface area contributed by atoms with Crippen molar-refractivity contribution in [3.05, 3.63) is 36.1 Å². The first kappa shape index (κ1) is 19.7. The van der Waals surface area contributed by atoms with Crippen LogP contribution >= 0.6 is 11.8 Å². The molecule has 26 heavy (non-hydrogen) atoms. The van der Waals surface area contributed by atoms with Crippen molar-refractivity contribution < 1.29 is 27.6 Å². The van der Waals surface area contributed by atoms with Gasteiger partial charge in [0.1, 0.15) is 11.5 Å². The lowest BCUT2D eigenvalue weighted by Gasteiger charge is -2.13. The van der Waals surface area contributed by atoms with Gasteiger partial charge in [-0.05, 0) is 26.0 Å². The lowest BCUT2D eigenvalue weighted by molar-refractivity contribution is -0.115. The second-order valence-corrected chi connectivity index (χ2v) is 6.52. The number of para-hydroxylation sites is 2. The summed E-state index contributed by atoms with van der Waals surface area (Å²) in [5.41, 5.74) is 0.133. The van der Waals surface area contributed by atoms with Gasteiger partial charge in [0.25, 0.3) is 0 Å². The fourth-order valence-electron chi connectivity index (χ4n) is 1.88. The molecule has 0 aliphatic rings. The fourth-order valence-corrected chi connectivity index (χ4v) is 2.57. The minimum absolute atomic E-state index is 0.0462. The van der Waals surface area contributed by atoms with Gasteiger partial charge in [0, 0.05) is 6.07 Å². The van der Waals surface area contributed by atoms with Crippen LogP contribution in [0.3, 0.4) is 0 Å². The zero-order chi connectivity index (χ0) is 19.1. The summed E-state index contributed by atoms with van der Waals surface area (Å²) in [4.78, 5) is 24.0. The highest BCUT2D eigenvalue weighted by Gasteiger charge is 2.18. The van der Waals surface area contributed by atoms with Crippen molar-refractivity contribution in [3.8, 4) is 5.75 Å². The van der Waals surface area contributed by atoms with Crippen LogP contribution in [0.15, 0.2) is 34.9 Å². The predicted octanol–water partition coefficient (Wildman–Crippen LogP) is 3.28. The second kappa shape index (κ2) is 9.18. The molecule has 0 saturated carbocycles. The van der Waals surface area contributed by atoms with E-state index in [2.05, 4.69) is 20.5 Å². The Balaban J connectivity index is 1.83. The summed E-state index contributed by atoms with van der Waals surface area (Å²) in [5, 5.41) is 8.17. The first-order valence-electron chi connectivity index (χ1n) is 7.54. The summed E-state index contributed by atoms with van der Waals surface area (Å²) in [5.74, 6) is -0.106. The maximum atomic E-state index is 12.4. The Morgan fingerprint density at radius 1 is 1.31 bits per heavy atom. The summed E-state index contributed by atoms with van der Waals surface area (Å²) >= 11 is 1.09. The van der Waals surface area contributed by atoms with E-state index in [0.717, 1.165) is 11.8 Å². The van der Waals surface area contributed by atoms with Crippen LogP contribution in [0.2, 0.25) is 0 Å². The predicted molar refractivity (Wildman–Crippen MR) is 93.5 cm³/mol. The van der Waals surface area contributed by atoms with Crippen LogP contribution in [0.4, 0.5) is 20.3 Å². The first-order chi connectivity index (χ1) is 12.3. The number of rotatable bonds is 8. The van der Waals surface area contributed by atoms with Gasteiger partial charge in [-0.3, -0.25) is 9.59 Å². The maximum Gasteiger partial charge on any atom is 0.387 e. The molecule has 0 bridgehead atoms. The van der Waals surface area contributed by atoms with Gasteiger partial charge in [0.05, 0.1) is 16.7 Å². The highest BCUT2D eigenvalue weighted by molar-refractivity contribution is 8.01. The third-order valence-corrected chi connectivity index (χ3v) is 4.23. The molecular formula is C16H17F2N3O4S. The zero-order valence-electron chi connectivity index (χ0n) is 14.0. The number of thioether (sulfide) groups is 1. The molecule has 2 aromatic rings. The number of carbonyl (C=O) groups is 2. The van der Waals surface area contributed by atoms with Gasteiger partial charge in [0.2, 0.25) is 11.8 Å². The average Bonchev–Trinajstić information content (AvgIpc) is 2.98. The molecule has 0 fully saturated rings. The summed E-state index contributed by atoms with van der Waals surface area (Å²) < 4.78 is 33.9. The number of alkyl halides is 2. The highest BCUT2D eigenvalue weighted by atomic mass is 32.2. The monoisotopic (exact) mass is 385 g/mol.